The number of aromatic nitrogens is 1. The van der Waals surface area contributed by atoms with E-state index in [0.717, 1.165) is 11.9 Å². The van der Waals surface area contributed by atoms with E-state index < -0.39 is 0 Å². The number of benzene rings is 1. The number of pyridine rings is 1. The van der Waals surface area contributed by atoms with Crippen LogP contribution in [0.1, 0.15) is 27.2 Å². The summed E-state index contributed by atoms with van der Waals surface area (Å²) in [7, 11) is 1.51. The molecule has 3 rings (SSSR count). The Morgan fingerprint density at radius 2 is 2.32 bits per heavy atom. The molecule has 0 atom stereocenters. The Morgan fingerprint density at radius 3 is 3.00 bits per heavy atom. The third kappa shape index (κ3) is 2.94. The number of nitrogens with two attached hydrogens (primary N) is 1. The van der Waals surface area contributed by atoms with Crippen LogP contribution in [0, 0.1) is 5.41 Å². The molecule has 8 heteroatoms. The molecule has 1 aromatic heterocycles. The van der Waals surface area contributed by atoms with Gasteiger partial charge in [0.15, 0.2) is 5.84 Å². The van der Waals surface area contributed by atoms with Gasteiger partial charge in [-0.25, -0.2) is 9.98 Å². The number of methoxy groups -OCH3 is 1. The molecule has 0 saturated carbocycles. The van der Waals surface area contributed by atoms with Gasteiger partial charge in [0.25, 0.3) is 5.91 Å². The van der Waals surface area contributed by atoms with Crippen LogP contribution in [0.3, 0.4) is 0 Å². The van der Waals surface area contributed by atoms with Crippen molar-refractivity contribution in [3.63, 3.8) is 0 Å². The number of aliphatic hydroxyl groups is 1. The minimum absolute atomic E-state index is 0.0960. The van der Waals surface area contributed by atoms with Crippen LogP contribution in [0.5, 0.6) is 5.75 Å². The van der Waals surface area contributed by atoms with Gasteiger partial charge in [0.2, 0.25) is 0 Å². The Balaban J connectivity index is 2.01. The molecule has 128 valence electrons. The lowest BCUT2D eigenvalue weighted by Gasteiger charge is -2.15. The van der Waals surface area contributed by atoms with Crippen LogP contribution in [0.15, 0.2) is 35.3 Å². The van der Waals surface area contributed by atoms with Crippen molar-refractivity contribution in [2.24, 2.45) is 10.7 Å². The SMILES string of the molecule is COc1cc(CO)c2c(c1)C(=O)N(c1cccc(C(N)=NC=N)n1)C2. The smallest absolute Gasteiger partial charge is 0.260 e. The van der Waals surface area contributed by atoms with Crippen molar-refractivity contribution in [3.8, 4) is 5.75 Å². The fourth-order valence-corrected chi connectivity index (χ4v) is 2.75. The van der Waals surface area contributed by atoms with Gasteiger partial charge in [-0.05, 0) is 35.4 Å². The molecule has 4 N–H and O–H groups in total. The number of amides is 1. The number of anilines is 1. The lowest BCUT2D eigenvalue weighted by Crippen LogP contribution is -2.25. The van der Waals surface area contributed by atoms with Gasteiger partial charge < -0.3 is 15.6 Å². The summed E-state index contributed by atoms with van der Waals surface area (Å²) in [5.74, 6) is 0.807. The molecule has 0 spiro atoms. The van der Waals surface area contributed by atoms with E-state index in [9.17, 15) is 9.90 Å². The van der Waals surface area contributed by atoms with Gasteiger partial charge >= 0.3 is 0 Å². The number of ether oxygens (including phenoxy) is 1. The number of carbonyl (C=O) groups is 1. The largest absolute Gasteiger partial charge is 0.497 e. The van der Waals surface area contributed by atoms with E-state index in [1.54, 1.807) is 30.3 Å². The summed E-state index contributed by atoms with van der Waals surface area (Å²) in [4.78, 5) is 22.3. The Morgan fingerprint density at radius 1 is 1.52 bits per heavy atom. The number of carbonyl (C=O) groups excluding carboxylic acids is 1. The third-order valence-corrected chi connectivity index (χ3v) is 3.99. The molecule has 2 heterocycles. The fraction of sp³-hybridized carbons (Fsp3) is 0.176. The van der Waals surface area contributed by atoms with E-state index in [-0.39, 0.29) is 18.3 Å². The second kappa shape index (κ2) is 6.70. The summed E-state index contributed by atoms with van der Waals surface area (Å²) in [5.41, 5.74) is 8.02. The molecule has 1 aliphatic heterocycles. The molecule has 0 bridgehead atoms. The van der Waals surface area contributed by atoms with Gasteiger partial charge in [0.05, 0.1) is 20.3 Å². The van der Waals surface area contributed by atoms with Crippen LogP contribution in [-0.2, 0) is 13.2 Å². The summed E-state index contributed by atoms with van der Waals surface area (Å²) < 4.78 is 5.20. The standard InChI is InChI=1S/C17H17N5O3/c1-25-11-5-10(8-23)13-7-22(17(24)12(13)6-11)15-4-2-3-14(21-15)16(19)20-9-18/h2-6,9,23H,7-8H2,1H3,(H3,18,19,20). The maximum atomic E-state index is 12.8. The van der Waals surface area contributed by atoms with Gasteiger partial charge in [-0.2, -0.15) is 0 Å². The lowest BCUT2D eigenvalue weighted by atomic mass is 10.0. The highest BCUT2D eigenvalue weighted by molar-refractivity contribution is 6.10. The van der Waals surface area contributed by atoms with Gasteiger partial charge in [-0.15, -0.1) is 0 Å². The number of aliphatic imine (C=N–C) groups is 1. The topological polar surface area (TPSA) is 125 Å². The normalized spacial score (nSPS) is 13.8. The molecule has 1 aromatic carbocycles. The van der Waals surface area contributed by atoms with E-state index in [4.69, 9.17) is 15.9 Å². The Bertz CT molecular complexity index is 879. The highest BCUT2D eigenvalue weighted by atomic mass is 16.5. The molecule has 25 heavy (non-hydrogen) atoms. The molecule has 2 aromatic rings. The average Bonchev–Trinajstić information content (AvgIpc) is 2.98. The van der Waals surface area contributed by atoms with Gasteiger partial charge in [0.1, 0.15) is 23.6 Å². The van der Waals surface area contributed by atoms with Crippen molar-refractivity contribution < 1.29 is 14.6 Å². The van der Waals surface area contributed by atoms with Crippen molar-refractivity contribution in [1.29, 1.82) is 5.41 Å². The van der Waals surface area contributed by atoms with Crippen molar-refractivity contribution in [3.05, 3.63) is 52.7 Å². The Kier molecular flexibility index (Phi) is 4.44. The summed E-state index contributed by atoms with van der Waals surface area (Å²) >= 11 is 0. The van der Waals surface area contributed by atoms with Gasteiger partial charge in [-0.1, -0.05) is 6.07 Å². The van der Waals surface area contributed by atoms with Crippen LogP contribution >= 0.6 is 0 Å². The first-order valence-electron chi connectivity index (χ1n) is 7.51. The summed E-state index contributed by atoms with van der Waals surface area (Å²) in [6, 6.07) is 8.44. The maximum absolute atomic E-state index is 12.8. The molecule has 1 aliphatic rings. The molecular formula is C17H17N5O3. The number of aliphatic hydroxyl groups excluding tert-OH is 1. The molecule has 0 fully saturated rings. The molecular weight excluding hydrogens is 322 g/mol. The number of hydrogen-bond donors (Lipinski definition) is 3. The van der Waals surface area contributed by atoms with Crippen molar-refractivity contribution >= 4 is 23.9 Å². The number of nitrogens with zero attached hydrogens (tertiary/aromatic N) is 3. The van der Waals surface area contributed by atoms with Crippen LogP contribution in [0.25, 0.3) is 0 Å². The van der Waals surface area contributed by atoms with E-state index in [2.05, 4.69) is 9.98 Å². The van der Waals surface area contributed by atoms with Crippen LogP contribution < -0.4 is 15.4 Å². The first-order valence-corrected chi connectivity index (χ1v) is 7.51. The van der Waals surface area contributed by atoms with E-state index >= 15 is 0 Å². The summed E-state index contributed by atoms with van der Waals surface area (Å²) in [6.45, 7) is 0.110. The zero-order valence-electron chi connectivity index (χ0n) is 13.6. The Labute approximate surface area is 144 Å². The van der Waals surface area contributed by atoms with Crippen molar-refractivity contribution in [2.75, 3.05) is 12.0 Å². The zero-order valence-corrected chi connectivity index (χ0v) is 13.6. The average molecular weight is 339 g/mol. The van der Waals surface area contributed by atoms with Crippen LogP contribution in [0.4, 0.5) is 5.82 Å². The first kappa shape index (κ1) is 16.6. The molecule has 0 saturated heterocycles. The predicted molar refractivity (Wildman–Crippen MR) is 93.2 cm³/mol. The molecule has 8 nitrogen and oxygen atoms in total. The molecule has 0 aliphatic carbocycles. The zero-order chi connectivity index (χ0) is 18.0. The van der Waals surface area contributed by atoms with Crippen LogP contribution in [-0.4, -0.2) is 35.3 Å². The molecule has 0 radical (unpaired) electrons. The molecule has 0 unspecified atom stereocenters. The predicted octanol–water partition coefficient (Wildman–Crippen LogP) is 1.06. The lowest BCUT2D eigenvalue weighted by molar-refractivity contribution is 0.0995. The summed E-state index contributed by atoms with van der Waals surface area (Å²) in [6.07, 6.45) is 0.834. The molecule has 1 amide bonds. The van der Waals surface area contributed by atoms with Gasteiger partial charge in [0, 0.05) is 5.56 Å². The van der Waals surface area contributed by atoms with Crippen LogP contribution in [0.2, 0.25) is 0 Å². The number of amidine groups is 1. The summed E-state index contributed by atoms with van der Waals surface area (Å²) in [5, 5.41) is 16.6. The number of hydrogen-bond acceptors (Lipinski definition) is 5. The van der Waals surface area contributed by atoms with Crippen molar-refractivity contribution in [2.45, 2.75) is 13.2 Å². The first-order chi connectivity index (χ1) is 12.1. The maximum Gasteiger partial charge on any atom is 0.260 e. The number of fused-ring (bicyclic) bond motifs is 1. The number of nitrogens with one attached hydrogen (secondary N) is 1. The quantitative estimate of drug-likeness (QED) is 0.555. The van der Waals surface area contributed by atoms with Crippen molar-refractivity contribution in [1.82, 2.24) is 4.98 Å². The second-order valence-corrected chi connectivity index (χ2v) is 5.39. The van der Waals surface area contributed by atoms with E-state index in [1.807, 2.05) is 0 Å². The minimum atomic E-state index is -0.226. The minimum Gasteiger partial charge on any atom is -0.497 e. The Hall–Kier alpha value is -3.26. The third-order valence-electron chi connectivity index (χ3n) is 3.99. The van der Waals surface area contributed by atoms with E-state index in [0.29, 0.717) is 34.9 Å². The van der Waals surface area contributed by atoms with E-state index in [1.165, 1.54) is 12.0 Å². The fourth-order valence-electron chi connectivity index (χ4n) is 2.75. The monoisotopic (exact) mass is 339 g/mol. The number of rotatable bonds is 5. The highest BCUT2D eigenvalue weighted by Gasteiger charge is 2.32. The second-order valence-electron chi connectivity index (χ2n) is 5.39. The highest BCUT2D eigenvalue weighted by Crippen LogP contribution is 2.32. The van der Waals surface area contributed by atoms with Gasteiger partial charge in [-0.3, -0.25) is 15.1 Å².